The summed E-state index contributed by atoms with van der Waals surface area (Å²) in [5.74, 6) is -5.01. The van der Waals surface area contributed by atoms with Crippen LogP contribution in [0.25, 0.3) is 151 Å². The Bertz CT molecular complexity index is 4700. The molecule has 0 aromatic heterocycles. The van der Waals surface area contributed by atoms with Gasteiger partial charge in [-0.2, -0.15) is 0 Å². The summed E-state index contributed by atoms with van der Waals surface area (Å²) in [5.41, 5.74) is -0.224. The molecule has 0 amide bonds. The van der Waals surface area contributed by atoms with Crippen molar-refractivity contribution in [2.24, 2.45) is 0 Å². The first kappa shape index (κ1) is 45.7. The van der Waals surface area contributed by atoms with Crippen LogP contribution in [0.15, 0.2) is 67.7 Å². The Morgan fingerprint density at radius 2 is 0.299 bits per heavy atom. The van der Waals surface area contributed by atoms with Crippen LogP contribution in [0, 0.1) is 27.7 Å². The summed E-state index contributed by atoms with van der Waals surface area (Å²) < 4.78 is 0. The molecule has 0 aliphatic heterocycles. The maximum absolute atomic E-state index is 13.9. The van der Waals surface area contributed by atoms with Gasteiger partial charge in [0.2, 0.25) is 21.7 Å². The van der Waals surface area contributed by atoms with E-state index in [1.165, 1.54) is 24.3 Å². The van der Waals surface area contributed by atoms with Gasteiger partial charge >= 0.3 is 18.9 Å². The van der Waals surface area contributed by atoms with E-state index in [-0.39, 0.29) is 128 Å². The molecule has 0 bridgehead atoms. The molecule has 0 unspecified atom stereocenters. The van der Waals surface area contributed by atoms with Gasteiger partial charge in [0.05, 0.1) is 43.1 Å². The number of aryl methyl sites for hydroxylation is 4. The number of phenols is 12. The van der Waals surface area contributed by atoms with Crippen LogP contribution in [-0.2, 0) is 0 Å². The van der Waals surface area contributed by atoms with Crippen LogP contribution in [0.5, 0.6) is 69.0 Å². The van der Waals surface area contributed by atoms with Gasteiger partial charge < -0.3 is 61.3 Å². The molecule has 17 heteroatoms. The summed E-state index contributed by atoms with van der Waals surface area (Å²) in [6.07, 6.45) is 0. The summed E-state index contributed by atoms with van der Waals surface area (Å²) in [4.78, 5) is 55.6. The van der Waals surface area contributed by atoms with Gasteiger partial charge in [0.15, 0.2) is 0 Å². The van der Waals surface area contributed by atoms with Crippen LogP contribution >= 0.6 is 0 Å². The van der Waals surface area contributed by atoms with E-state index in [1.54, 1.807) is 27.7 Å². The Hall–Kier alpha value is -9.88. The number of aromatic hydroxyl groups is 12. The van der Waals surface area contributed by atoms with E-state index in [0.717, 1.165) is 24.3 Å². The summed E-state index contributed by atoms with van der Waals surface area (Å²) in [6.45, 7) is 7.02. The first-order valence-corrected chi connectivity index (χ1v) is 23.6. The summed E-state index contributed by atoms with van der Waals surface area (Å²) >= 11 is 0. The normalized spacial score (nSPS) is 12.6. The quantitative estimate of drug-likeness (QED) is 0.0382. The van der Waals surface area contributed by atoms with E-state index in [9.17, 15) is 80.5 Å². The van der Waals surface area contributed by atoms with Crippen molar-refractivity contribution >= 4 is 170 Å². The molecule has 0 radical (unpaired) electrons. The van der Waals surface area contributed by atoms with Crippen LogP contribution in [0.2, 0.25) is 0 Å². The number of fused-ring (bicyclic) bond motifs is 4. The number of hydrogen-bond donors (Lipinski definition) is 12. The van der Waals surface area contributed by atoms with Crippen LogP contribution in [0.4, 0.5) is 0 Å². The maximum atomic E-state index is 13.9. The molecule has 0 aliphatic carbocycles. The van der Waals surface area contributed by atoms with Gasteiger partial charge in [-0.15, -0.1) is 0 Å². The van der Waals surface area contributed by atoms with E-state index in [1.807, 2.05) is 0 Å². The van der Waals surface area contributed by atoms with Crippen LogP contribution in [-0.4, -0.2) is 80.1 Å². The zero-order chi connectivity index (χ0) is 53.4. The van der Waals surface area contributed by atoms with Crippen molar-refractivity contribution in [3.8, 4) is 69.0 Å². The minimum absolute atomic E-state index is 0. The molecule has 0 saturated carbocycles. The fraction of sp³-hybridized carbons (Fsp3) is 0.0667. The average molecular weight is 1020 g/mol. The second kappa shape index (κ2) is 13.9. The molecule has 77 heavy (non-hydrogen) atoms. The van der Waals surface area contributed by atoms with Gasteiger partial charge in [-0.25, -0.2) is 0 Å². The Morgan fingerprint density at radius 3 is 0.468 bits per heavy atom. The Labute approximate surface area is 437 Å². The van der Waals surface area contributed by atoms with Crippen LogP contribution in [0.1, 0.15) is 22.3 Å². The molecule has 0 aliphatic rings. The monoisotopic (exact) mass is 1020 g/mol. The number of hydrogen-bond acceptors (Lipinski definition) is 16. The molecular weight excluding hydrogens is 984 g/mol. The van der Waals surface area contributed by atoms with Gasteiger partial charge in [0.25, 0.3) is 0 Å². The van der Waals surface area contributed by atoms with Crippen molar-refractivity contribution in [1.82, 2.24) is 0 Å². The van der Waals surface area contributed by atoms with Gasteiger partial charge in [-0.1, -0.05) is 0 Å². The van der Waals surface area contributed by atoms with E-state index in [0.29, 0.717) is 86.9 Å². The van der Waals surface area contributed by atoms with Crippen LogP contribution in [0.3, 0.4) is 0 Å². The second-order valence-electron chi connectivity index (χ2n) is 20.3. The van der Waals surface area contributed by atoms with Crippen molar-refractivity contribution in [2.45, 2.75) is 27.7 Å². The van der Waals surface area contributed by atoms with Crippen molar-refractivity contribution < 1.29 is 61.3 Å². The number of benzene rings is 16. The van der Waals surface area contributed by atoms with Gasteiger partial charge in [-0.3, -0.25) is 19.2 Å². The topological polar surface area (TPSA) is 311 Å². The molecule has 0 heterocycles. The van der Waals surface area contributed by atoms with Crippen molar-refractivity contribution in [2.75, 3.05) is 0 Å². The second-order valence-corrected chi connectivity index (χ2v) is 20.3. The van der Waals surface area contributed by atoms with Gasteiger partial charge in [-0.05, 0) is 95.8 Å². The summed E-state index contributed by atoms with van der Waals surface area (Å²) in [6, 6.07) is 9.72. The summed E-state index contributed by atoms with van der Waals surface area (Å²) in [7, 11) is 0. The third-order valence-corrected chi connectivity index (χ3v) is 16.5. The molecule has 12 N–H and O–H groups in total. The first-order chi connectivity index (χ1) is 36.1. The predicted octanol–water partition coefficient (Wildman–Crippen LogP) is 9.51. The molecule has 370 valence electrons. The molecule has 0 atom stereocenters. The molecule has 16 aromatic carbocycles. The third kappa shape index (κ3) is 4.79. The standard InChI is InChI=1S/2C30H16O8.Li.H/c2*1-7-3-9(31)19-23-15(7)16-8(2)4-10(32)20-24(16)28-26-18(12(34)6-14(36)22(26)30(20)38)17-11(33)5-13(35)21(29(19)37)25(17)27(23)28;;/h2*3-6,31-36H,1-2H3;;. The molecule has 0 fully saturated rings. The molecule has 16 nitrogen and oxygen atoms in total. The SMILES string of the molecule is Cc1cc(O)c2c(=O)c3c(O)cc(O)c4c5c(O)cc(O)c6c(=O)c7c(O)cc(C)c8c1c2c(c34)c(c78)c65.Cc1cc(O)c2c(=O)c3c(O)cc(O)c4c5c(O)cc(O)c6c(=O)c7c(O)cc(C)c8c1c2c(c34)c(c78)c65.[LiH]. The van der Waals surface area contributed by atoms with Crippen molar-refractivity contribution in [3.05, 3.63) is 112 Å². The third-order valence-electron chi connectivity index (χ3n) is 16.5. The van der Waals surface area contributed by atoms with Crippen molar-refractivity contribution in [3.63, 3.8) is 0 Å². The van der Waals surface area contributed by atoms with E-state index in [2.05, 4.69) is 0 Å². The van der Waals surface area contributed by atoms with E-state index < -0.39 is 67.7 Å². The average Bonchev–Trinajstić information content (AvgIpc) is 3.01. The number of rotatable bonds is 0. The predicted molar refractivity (Wildman–Crippen MR) is 299 cm³/mol. The van der Waals surface area contributed by atoms with E-state index in [4.69, 9.17) is 0 Å². The van der Waals surface area contributed by atoms with Crippen LogP contribution < -0.4 is 21.7 Å². The zero-order valence-electron chi connectivity index (χ0n) is 39.6. The fourth-order valence-electron chi connectivity index (χ4n) is 14.0. The zero-order valence-corrected chi connectivity index (χ0v) is 39.6. The minimum atomic E-state index is -0.661. The fourth-order valence-corrected chi connectivity index (χ4v) is 14.0. The van der Waals surface area contributed by atoms with Gasteiger partial charge in [0.1, 0.15) is 69.0 Å². The molecular formula is C60H33LiO16. The van der Waals surface area contributed by atoms with E-state index >= 15 is 0 Å². The Kier molecular flexibility index (Phi) is 8.24. The van der Waals surface area contributed by atoms with Gasteiger partial charge in [0, 0.05) is 110 Å². The molecule has 0 saturated heterocycles. The summed E-state index contributed by atoms with van der Waals surface area (Å²) in [5, 5.41) is 137. The Morgan fingerprint density at radius 1 is 0.182 bits per heavy atom. The molecule has 16 aromatic rings. The van der Waals surface area contributed by atoms with Crippen molar-refractivity contribution in [1.29, 1.82) is 0 Å². The molecule has 0 spiro atoms. The first-order valence-electron chi connectivity index (χ1n) is 23.6. The number of phenolic OH excluding ortho intramolecular Hbond substituents is 12. The molecule has 16 rings (SSSR count). The Balaban J connectivity index is 0.000000138.